The molecule has 0 N–H and O–H groups in total. The number of hydrogen-bond acceptors (Lipinski definition) is 0. The van der Waals surface area contributed by atoms with Gasteiger partial charge >= 0.3 is 0 Å². The minimum atomic E-state index is 0.321. The van der Waals surface area contributed by atoms with Gasteiger partial charge < -0.3 is 0 Å². The largest absolute Gasteiger partial charge is 0.0871 e. The predicted octanol–water partition coefficient (Wildman–Crippen LogP) is 8.81. The van der Waals surface area contributed by atoms with E-state index in [1.807, 2.05) is 0 Å². The first-order valence-electron chi connectivity index (χ1n) is 11.5. The molecular weight excluding hydrogens is 336 g/mol. The molecule has 1 saturated carbocycles. The molecule has 0 radical (unpaired) electrons. The molecule has 0 saturated heterocycles. The fourth-order valence-corrected chi connectivity index (χ4v) is 5.09. The molecule has 0 spiro atoms. The molecule has 0 aromatic heterocycles. The van der Waals surface area contributed by atoms with Crippen LogP contribution in [0.4, 0.5) is 0 Å². The van der Waals surface area contributed by atoms with Gasteiger partial charge in [-0.15, -0.1) is 0 Å². The van der Waals surface area contributed by atoms with Crippen LogP contribution in [-0.4, -0.2) is 0 Å². The smallest absolute Gasteiger partial charge is 0.00753 e. The first-order valence-corrected chi connectivity index (χ1v) is 11.5. The van der Waals surface area contributed by atoms with Crippen LogP contribution in [0, 0.1) is 5.92 Å². The van der Waals surface area contributed by atoms with Crippen molar-refractivity contribution < 1.29 is 0 Å². The average molecular weight is 375 g/mol. The van der Waals surface area contributed by atoms with E-state index in [9.17, 15) is 0 Å². The summed E-state index contributed by atoms with van der Waals surface area (Å²) in [4.78, 5) is 0. The Bertz CT molecular complexity index is 729. The summed E-state index contributed by atoms with van der Waals surface area (Å²) in [7, 11) is 0. The van der Waals surface area contributed by atoms with Crippen LogP contribution in [0.3, 0.4) is 0 Å². The van der Waals surface area contributed by atoms with Crippen LogP contribution in [0.1, 0.15) is 89.7 Å². The first kappa shape index (κ1) is 20.9. The third kappa shape index (κ3) is 5.37. The van der Waals surface area contributed by atoms with Crippen molar-refractivity contribution in [2.24, 2.45) is 5.92 Å². The van der Waals surface area contributed by atoms with Gasteiger partial charge in [0.15, 0.2) is 0 Å². The normalized spacial score (nSPS) is 17.2. The van der Waals surface area contributed by atoms with Gasteiger partial charge in [-0.05, 0) is 53.4 Å². The third-order valence-electron chi connectivity index (χ3n) is 6.80. The molecule has 0 nitrogen and oxygen atoms in total. The van der Waals surface area contributed by atoms with Crippen molar-refractivity contribution in [3.8, 4) is 11.1 Å². The van der Waals surface area contributed by atoms with Gasteiger partial charge in [-0.1, -0.05) is 119 Å². The Balaban J connectivity index is 1.68. The average Bonchev–Trinajstić information content (AvgIpc) is 3.23. The molecule has 0 heteroatoms. The zero-order valence-corrected chi connectivity index (χ0v) is 18.2. The van der Waals surface area contributed by atoms with E-state index in [4.69, 9.17) is 0 Å². The monoisotopic (exact) mass is 374 g/mol. The highest BCUT2D eigenvalue weighted by molar-refractivity contribution is 5.66. The van der Waals surface area contributed by atoms with Crippen LogP contribution in [-0.2, 0) is 5.41 Å². The van der Waals surface area contributed by atoms with E-state index in [0.29, 0.717) is 5.41 Å². The van der Waals surface area contributed by atoms with E-state index < -0.39 is 0 Å². The third-order valence-corrected chi connectivity index (χ3v) is 6.80. The highest BCUT2D eigenvalue weighted by Crippen LogP contribution is 2.37. The zero-order valence-electron chi connectivity index (χ0n) is 18.2. The summed E-state index contributed by atoms with van der Waals surface area (Å²) in [5, 5.41) is 0. The molecule has 28 heavy (non-hydrogen) atoms. The maximum atomic E-state index is 2.49. The predicted molar refractivity (Wildman–Crippen MR) is 125 cm³/mol. The second-order valence-electron chi connectivity index (χ2n) is 9.05. The Morgan fingerprint density at radius 2 is 1.50 bits per heavy atom. The minimum absolute atomic E-state index is 0.321. The first-order chi connectivity index (χ1) is 13.6. The highest BCUT2D eigenvalue weighted by Gasteiger charge is 2.26. The SMILES string of the molecule is C/C=C\c1ccc(-c2ccc(C(C)(CCC)CCCC3CCCC3)cc2)cc1. The van der Waals surface area contributed by atoms with Gasteiger partial charge in [0.25, 0.3) is 0 Å². The summed E-state index contributed by atoms with van der Waals surface area (Å²) in [5.74, 6) is 1.01. The molecule has 1 aliphatic carbocycles. The van der Waals surface area contributed by atoms with Gasteiger partial charge in [0.05, 0.1) is 0 Å². The van der Waals surface area contributed by atoms with Gasteiger partial charge in [0.1, 0.15) is 0 Å². The molecular formula is C28H38. The maximum Gasteiger partial charge on any atom is -0.00753 e. The summed E-state index contributed by atoms with van der Waals surface area (Å²) in [6.45, 7) is 6.88. The van der Waals surface area contributed by atoms with Crippen molar-refractivity contribution in [2.75, 3.05) is 0 Å². The molecule has 2 aromatic rings. The zero-order chi connectivity index (χ0) is 19.8. The van der Waals surface area contributed by atoms with E-state index in [-0.39, 0.29) is 0 Å². The quantitative estimate of drug-likeness (QED) is 0.411. The van der Waals surface area contributed by atoms with Gasteiger partial charge in [-0.25, -0.2) is 0 Å². The molecule has 150 valence electrons. The van der Waals surface area contributed by atoms with Crippen molar-refractivity contribution in [1.82, 2.24) is 0 Å². The molecule has 1 unspecified atom stereocenters. The van der Waals surface area contributed by atoms with Crippen LogP contribution in [0.5, 0.6) is 0 Å². The summed E-state index contributed by atoms with van der Waals surface area (Å²) in [6.07, 6.45) is 16.8. The van der Waals surface area contributed by atoms with E-state index in [1.165, 1.54) is 80.0 Å². The minimum Gasteiger partial charge on any atom is -0.0871 e. The summed E-state index contributed by atoms with van der Waals surface area (Å²) < 4.78 is 0. The summed E-state index contributed by atoms with van der Waals surface area (Å²) >= 11 is 0. The Morgan fingerprint density at radius 1 is 0.893 bits per heavy atom. The topological polar surface area (TPSA) is 0 Å². The lowest BCUT2D eigenvalue weighted by atomic mass is 9.74. The molecule has 1 fully saturated rings. The molecule has 0 aliphatic heterocycles. The van der Waals surface area contributed by atoms with Gasteiger partial charge in [-0.3, -0.25) is 0 Å². The van der Waals surface area contributed by atoms with Crippen LogP contribution < -0.4 is 0 Å². The van der Waals surface area contributed by atoms with Gasteiger partial charge in [0.2, 0.25) is 0 Å². The highest BCUT2D eigenvalue weighted by atomic mass is 14.3. The van der Waals surface area contributed by atoms with Crippen molar-refractivity contribution in [1.29, 1.82) is 0 Å². The summed E-state index contributed by atoms with van der Waals surface area (Å²) in [6, 6.07) is 18.3. The van der Waals surface area contributed by atoms with Crippen LogP contribution >= 0.6 is 0 Å². The van der Waals surface area contributed by atoms with Crippen LogP contribution in [0.2, 0.25) is 0 Å². The molecule has 1 atom stereocenters. The van der Waals surface area contributed by atoms with Gasteiger partial charge in [0, 0.05) is 0 Å². The molecule has 2 aromatic carbocycles. The molecule has 0 heterocycles. The maximum absolute atomic E-state index is 2.49. The number of rotatable bonds is 9. The van der Waals surface area contributed by atoms with Crippen molar-refractivity contribution in [3.05, 3.63) is 65.7 Å². The Hall–Kier alpha value is -1.82. The lowest BCUT2D eigenvalue weighted by molar-refractivity contribution is 0.356. The fraction of sp³-hybridized carbons (Fsp3) is 0.500. The van der Waals surface area contributed by atoms with Crippen LogP contribution in [0.25, 0.3) is 17.2 Å². The van der Waals surface area contributed by atoms with E-state index >= 15 is 0 Å². The molecule has 0 amide bonds. The number of benzene rings is 2. The Morgan fingerprint density at radius 3 is 2.07 bits per heavy atom. The van der Waals surface area contributed by atoms with E-state index in [0.717, 1.165) is 5.92 Å². The van der Waals surface area contributed by atoms with Crippen molar-refractivity contribution >= 4 is 6.08 Å². The van der Waals surface area contributed by atoms with E-state index in [2.05, 4.69) is 81.5 Å². The lowest BCUT2D eigenvalue weighted by Gasteiger charge is -2.31. The van der Waals surface area contributed by atoms with Crippen molar-refractivity contribution in [3.63, 3.8) is 0 Å². The second-order valence-corrected chi connectivity index (χ2v) is 9.05. The second kappa shape index (κ2) is 10.1. The number of allylic oxidation sites excluding steroid dienone is 1. The number of hydrogen-bond donors (Lipinski definition) is 0. The molecule has 3 rings (SSSR count). The van der Waals surface area contributed by atoms with Crippen LogP contribution in [0.15, 0.2) is 54.6 Å². The van der Waals surface area contributed by atoms with Gasteiger partial charge in [-0.2, -0.15) is 0 Å². The Labute approximate surface area is 173 Å². The molecule has 1 aliphatic rings. The standard InChI is InChI=1S/C28H38/c1-4-9-23-13-15-25(16-14-23)26-17-19-27(20-18-26)28(3,21-5-2)22-8-12-24-10-6-7-11-24/h4,9,13-20,24H,5-8,10-12,21-22H2,1-3H3/b9-4-. The fourth-order valence-electron chi connectivity index (χ4n) is 5.09. The Kier molecular flexibility index (Phi) is 7.54. The summed E-state index contributed by atoms with van der Waals surface area (Å²) in [5.41, 5.74) is 5.73. The van der Waals surface area contributed by atoms with E-state index in [1.54, 1.807) is 0 Å². The lowest BCUT2D eigenvalue weighted by Crippen LogP contribution is -2.22. The molecule has 0 bridgehead atoms. The van der Waals surface area contributed by atoms with Crippen molar-refractivity contribution in [2.45, 2.75) is 84.0 Å².